The summed E-state index contributed by atoms with van der Waals surface area (Å²) in [6.07, 6.45) is 1.96. The largest absolute Gasteiger partial charge is 0.481 e. The van der Waals surface area contributed by atoms with Crippen molar-refractivity contribution in [1.82, 2.24) is 10.2 Å². The van der Waals surface area contributed by atoms with Crippen LogP contribution in [0.4, 0.5) is 0 Å². The number of aliphatic carboxylic acids is 1. The number of unbranched alkanes of at least 4 members (excludes halogenated alkanes) is 1. The molecule has 0 fully saturated rings. The summed E-state index contributed by atoms with van der Waals surface area (Å²) < 4.78 is 0. The van der Waals surface area contributed by atoms with Crippen LogP contribution in [0.25, 0.3) is 0 Å². The summed E-state index contributed by atoms with van der Waals surface area (Å²) in [5, 5.41) is 11.7. The molecule has 0 atom stereocenters. The Kier molecular flexibility index (Phi) is 7.68. The number of hydrogen-bond donors (Lipinski definition) is 2. The first kappa shape index (κ1) is 17.9. The molecule has 0 saturated carbocycles. The first-order valence-electron chi connectivity index (χ1n) is 6.87. The molecule has 0 heterocycles. The van der Waals surface area contributed by atoms with E-state index in [0.29, 0.717) is 12.6 Å². The number of carbonyl (C=O) groups is 2. The third-order valence-electron chi connectivity index (χ3n) is 3.32. The Balaban J connectivity index is 3.73. The van der Waals surface area contributed by atoms with Gasteiger partial charge in [-0.3, -0.25) is 9.59 Å². The molecule has 1 amide bonds. The standard InChI is InChI=1S/C14H28N2O3/c1-11(2)16(5)9-7-6-8-15-12(17)10-14(3,4)13(18)19/h11H,6-10H2,1-5H3,(H,15,17)(H,18,19). The molecule has 0 aromatic rings. The Hall–Kier alpha value is -1.10. The third-order valence-corrected chi connectivity index (χ3v) is 3.32. The second-order valence-electron chi connectivity index (χ2n) is 6.00. The third kappa shape index (κ3) is 7.82. The van der Waals surface area contributed by atoms with Gasteiger partial charge in [-0.2, -0.15) is 0 Å². The highest BCUT2D eigenvalue weighted by molar-refractivity contribution is 5.84. The molecule has 2 N–H and O–H groups in total. The molecule has 0 spiro atoms. The van der Waals surface area contributed by atoms with E-state index in [-0.39, 0.29) is 12.3 Å². The summed E-state index contributed by atoms with van der Waals surface area (Å²) in [5.41, 5.74) is -0.998. The topological polar surface area (TPSA) is 69.6 Å². The van der Waals surface area contributed by atoms with Crippen LogP contribution in [0.1, 0.15) is 47.0 Å². The zero-order chi connectivity index (χ0) is 15.1. The molecule has 0 unspecified atom stereocenters. The average molecular weight is 272 g/mol. The maximum Gasteiger partial charge on any atom is 0.309 e. The summed E-state index contributed by atoms with van der Waals surface area (Å²) >= 11 is 0. The maximum atomic E-state index is 11.6. The van der Waals surface area contributed by atoms with Crippen molar-refractivity contribution in [3.63, 3.8) is 0 Å². The van der Waals surface area contributed by atoms with E-state index in [9.17, 15) is 9.59 Å². The zero-order valence-corrected chi connectivity index (χ0v) is 12.8. The van der Waals surface area contributed by atoms with Crippen molar-refractivity contribution >= 4 is 11.9 Å². The molecule has 0 radical (unpaired) electrons. The van der Waals surface area contributed by atoms with Crippen molar-refractivity contribution in [3.8, 4) is 0 Å². The van der Waals surface area contributed by atoms with Gasteiger partial charge in [-0.05, 0) is 54.1 Å². The Labute approximate surface area is 116 Å². The summed E-state index contributed by atoms with van der Waals surface area (Å²) in [6.45, 7) is 9.04. The number of hydrogen-bond acceptors (Lipinski definition) is 3. The lowest BCUT2D eigenvalue weighted by Crippen LogP contribution is -2.34. The van der Waals surface area contributed by atoms with E-state index in [1.807, 2.05) is 0 Å². The van der Waals surface area contributed by atoms with Crippen LogP contribution in [0.15, 0.2) is 0 Å². The summed E-state index contributed by atoms with van der Waals surface area (Å²) in [7, 11) is 2.08. The van der Waals surface area contributed by atoms with Gasteiger partial charge in [0.15, 0.2) is 0 Å². The van der Waals surface area contributed by atoms with Crippen molar-refractivity contribution in [2.75, 3.05) is 20.1 Å². The van der Waals surface area contributed by atoms with Gasteiger partial charge in [0.1, 0.15) is 0 Å². The predicted molar refractivity (Wildman–Crippen MR) is 76.0 cm³/mol. The van der Waals surface area contributed by atoms with Gasteiger partial charge in [-0.25, -0.2) is 0 Å². The minimum Gasteiger partial charge on any atom is -0.481 e. The fourth-order valence-electron chi connectivity index (χ4n) is 1.51. The average Bonchev–Trinajstić information content (AvgIpc) is 2.27. The Morgan fingerprint density at radius 2 is 1.84 bits per heavy atom. The van der Waals surface area contributed by atoms with E-state index >= 15 is 0 Å². The SMILES string of the molecule is CC(C)N(C)CCCCNC(=O)CC(C)(C)C(=O)O. The molecule has 0 bridgehead atoms. The van der Waals surface area contributed by atoms with Crippen LogP contribution in [0.3, 0.4) is 0 Å². The lowest BCUT2D eigenvalue weighted by Gasteiger charge is -2.21. The lowest BCUT2D eigenvalue weighted by molar-refractivity contribution is -0.149. The Bertz CT molecular complexity index is 301. The molecule has 0 aliphatic heterocycles. The minimum atomic E-state index is -0.998. The predicted octanol–water partition coefficient (Wildman–Crippen LogP) is 1.72. The van der Waals surface area contributed by atoms with Crippen molar-refractivity contribution in [3.05, 3.63) is 0 Å². The molecule has 0 aliphatic rings. The number of carbonyl (C=O) groups excluding carboxylic acids is 1. The van der Waals surface area contributed by atoms with Gasteiger partial charge in [0.2, 0.25) is 5.91 Å². The quantitative estimate of drug-likeness (QED) is 0.627. The molecule has 0 aliphatic carbocycles. The Morgan fingerprint density at radius 3 is 2.32 bits per heavy atom. The highest BCUT2D eigenvalue weighted by atomic mass is 16.4. The summed E-state index contributed by atoms with van der Waals surface area (Å²) in [4.78, 5) is 24.7. The van der Waals surface area contributed by atoms with Gasteiger partial charge in [0.25, 0.3) is 0 Å². The molecule has 112 valence electrons. The van der Waals surface area contributed by atoms with Gasteiger partial charge in [0.05, 0.1) is 5.41 Å². The number of rotatable bonds is 9. The lowest BCUT2D eigenvalue weighted by atomic mass is 9.89. The molecule has 0 saturated heterocycles. The van der Waals surface area contributed by atoms with Crippen LogP contribution in [0.5, 0.6) is 0 Å². The van der Waals surface area contributed by atoms with Crippen LogP contribution in [0, 0.1) is 5.41 Å². The molecule has 0 aromatic heterocycles. The van der Waals surface area contributed by atoms with Crippen LogP contribution in [-0.4, -0.2) is 48.1 Å². The van der Waals surface area contributed by atoms with Gasteiger partial charge in [0, 0.05) is 19.0 Å². The van der Waals surface area contributed by atoms with E-state index < -0.39 is 11.4 Å². The van der Waals surface area contributed by atoms with Gasteiger partial charge < -0.3 is 15.3 Å². The van der Waals surface area contributed by atoms with Crippen molar-refractivity contribution < 1.29 is 14.7 Å². The second kappa shape index (κ2) is 8.15. The van der Waals surface area contributed by atoms with E-state index in [2.05, 4.69) is 31.1 Å². The fraction of sp³-hybridized carbons (Fsp3) is 0.857. The first-order valence-corrected chi connectivity index (χ1v) is 6.87. The molecule has 19 heavy (non-hydrogen) atoms. The number of nitrogens with zero attached hydrogens (tertiary/aromatic N) is 1. The van der Waals surface area contributed by atoms with Gasteiger partial charge in [-0.1, -0.05) is 0 Å². The first-order chi connectivity index (χ1) is 8.66. The van der Waals surface area contributed by atoms with E-state index in [4.69, 9.17) is 5.11 Å². The van der Waals surface area contributed by atoms with E-state index in [0.717, 1.165) is 19.4 Å². The number of nitrogens with one attached hydrogen (secondary N) is 1. The molecule has 0 aromatic carbocycles. The normalized spacial score (nSPS) is 11.9. The van der Waals surface area contributed by atoms with Crippen LogP contribution < -0.4 is 5.32 Å². The molecule has 5 heteroatoms. The molecular formula is C14H28N2O3. The monoisotopic (exact) mass is 272 g/mol. The number of carboxylic acid groups (broad SMARTS) is 1. The van der Waals surface area contributed by atoms with E-state index in [1.165, 1.54) is 0 Å². The van der Waals surface area contributed by atoms with Crippen LogP contribution in [-0.2, 0) is 9.59 Å². The van der Waals surface area contributed by atoms with Crippen molar-refractivity contribution in [2.45, 2.75) is 53.0 Å². The zero-order valence-electron chi connectivity index (χ0n) is 12.8. The number of amides is 1. The van der Waals surface area contributed by atoms with E-state index in [1.54, 1.807) is 13.8 Å². The number of carboxylic acids is 1. The van der Waals surface area contributed by atoms with Gasteiger partial charge in [-0.15, -0.1) is 0 Å². The smallest absolute Gasteiger partial charge is 0.309 e. The molecular weight excluding hydrogens is 244 g/mol. The molecule has 0 rings (SSSR count). The summed E-state index contributed by atoms with van der Waals surface area (Å²) in [5.74, 6) is -1.13. The highest BCUT2D eigenvalue weighted by Crippen LogP contribution is 2.19. The van der Waals surface area contributed by atoms with Crippen LogP contribution in [0.2, 0.25) is 0 Å². The van der Waals surface area contributed by atoms with Crippen LogP contribution >= 0.6 is 0 Å². The van der Waals surface area contributed by atoms with Gasteiger partial charge >= 0.3 is 5.97 Å². The minimum absolute atomic E-state index is 0.0221. The van der Waals surface area contributed by atoms with Crippen molar-refractivity contribution in [1.29, 1.82) is 0 Å². The summed E-state index contributed by atoms with van der Waals surface area (Å²) in [6, 6.07) is 0.533. The van der Waals surface area contributed by atoms with Crippen molar-refractivity contribution in [2.24, 2.45) is 5.41 Å². The maximum absolute atomic E-state index is 11.6. The fourth-order valence-corrected chi connectivity index (χ4v) is 1.51. The molecule has 5 nitrogen and oxygen atoms in total. The second-order valence-corrected chi connectivity index (χ2v) is 6.00. The Morgan fingerprint density at radius 1 is 1.26 bits per heavy atom. The highest BCUT2D eigenvalue weighted by Gasteiger charge is 2.29.